The highest BCUT2D eigenvalue weighted by Gasteiger charge is 2.14. The molecule has 0 radical (unpaired) electrons. The van der Waals surface area contributed by atoms with Gasteiger partial charge in [0, 0.05) is 24.5 Å². The fraction of sp³-hybridized carbons (Fsp3) is 0.208. The first-order chi connectivity index (χ1) is 14.0. The SMILES string of the molecule is CC(C)Cc1ccc(C(=O)Nc2ccccc2C(=O)NCc2cccnc2)cc1. The van der Waals surface area contributed by atoms with Crippen LogP contribution in [-0.2, 0) is 13.0 Å². The van der Waals surface area contributed by atoms with Crippen LogP contribution >= 0.6 is 0 Å². The van der Waals surface area contributed by atoms with Crippen LogP contribution in [0.5, 0.6) is 0 Å². The van der Waals surface area contributed by atoms with Gasteiger partial charge in [-0.15, -0.1) is 0 Å². The highest BCUT2D eigenvalue weighted by atomic mass is 16.2. The molecule has 2 N–H and O–H groups in total. The molecule has 3 aromatic rings. The number of nitrogens with one attached hydrogen (secondary N) is 2. The number of pyridine rings is 1. The standard InChI is InChI=1S/C24H25N3O2/c1-17(2)14-18-9-11-20(12-10-18)23(28)27-22-8-4-3-7-21(22)24(29)26-16-19-6-5-13-25-15-19/h3-13,15,17H,14,16H2,1-2H3,(H,26,29)(H,27,28). The molecule has 3 rings (SSSR count). The first-order valence-electron chi connectivity index (χ1n) is 9.69. The summed E-state index contributed by atoms with van der Waals surface area (Å²) in [5.74, 6) is 0.0670. The number of carbonyl (C=O) groups excluding carboxylic acids is 2. The van der Waals surface area contributed by atoms with Crippen LogP contribution in [0, 0.1) is 5.92 Å². The zero-order valence-corrected chi connectivity index (χ0v) is 16.7. The van der Waals surface area contributed by atoms with Gasteiger partial charge in [-0.3, -0.25) is 14.6 Å². The summed E-state index contributed by atoms with van der Waals surface area (Å²) in [7, 11) is 0. The summed E-state index contributed by atoms with van der Waals surface area (Å²) in [5, 5.41) is 5.72. The summed E-state index contributed by atoms with van der Waals surface area (Å²) in [6, 6.07) is 18.3. The normalized spacial score (nSPS) is 10.6. The number of nitrogens with zero attached hydrogens (tertiary/aromatic N) is 1. The van der Waals surface area contributed by atoms with Crippen LogP contribution in [0.25, 0.3) is 0 Å². The number of anilines is 1. The quantitative estimate of drug-likeness (QED) is 0.629. The summed E-state index contributed by atoms with van der Waals surface area (Å²) < 4.78 is 0. The number of benzene rings is 2. The van der Waals surface area contributed by atoms with E-state index in [-0.39, 0.29) is 11.8 Å². The molecule has 0 bridgehead atoms. The number of carbonyl (C=O) groups is 2. The molecule has 29 heavy (non-hydrogen) atoms. The molecule has 0 aliphatic heterocycles. The van der Waals surface area contributed by atoms with Gasteiger partial charge in [0.15, 0.2) is 0 Å². The van der Waals surface area contributed by atoms with E-state index >= 15 is 0 Å². The van der Waals surface area contributed by atoms with E-state index in [4.69, 9.17) is 0 Å². The molecule has 0 unspecified atom stereocenters. The lowest BCUT2D eigenvalue weighted by Gasteiger charge is -2.12. The van der Waals surface area contributed by atoms with Crippen molar-refractivity contribution in [2.75, 3.05) is 5.32 Å². The number of hydrogen-bond acceptors (Lipinski definition) is 3. The van der Waals surface area contributed by atoms with Crippen LogP contribution in [0.4, 0.5) is 5.69 Å². The average Bonchev–Trinajstić information content (AvgIpc) is 2.73. The van der Waals surface area contributed by atoms with E-state index in [1.54, 1.807) is 36.7 Å². The Balaban J connectivity index is 1.68. The second kappa shape index (κ2) is 9.64. The van der Waals surface area contributed by atoms with E-state index in [9.17, 15) is 9.59 Å². The van der Waals surface area contributed by atoms with Crippen molar-refractivity contribution in [1.82, 2.24) is 10.3 Å². The van der Waals surface area contributed by atoms with Crippen LogP contribution in [0.3, 0.4) is 0 Å². The van der Waals surface area contributed by atoms with Crippen LogP contribution in [0.2, 0.25) is 0 Å². The molecule has 5 heteroatoms. The van der Waals surface area contributed by atoms with Gasteiger partial charge in [0.2, 0.25) is 0 Å². The van der Waals surface area contributed by atoms with E-state index in [1.165, 1.54) is 5.56 Å². The Labute approximate surface area is 171 Å². The number of rotatable bonds is 7. The van der Waals surface area contributed by atoms with Crippen LogP contribution in [-0.4, -0.2) is 16.8 Å². The van der Waals surface area contributed by atoms with Crippen molar-refractivity contribution in [1.29, 1.82) is 0 Å². The molecule has 0 spiro atoms. The van der Waals surface area contributed by atoms with Crippen molar-refractivity contribution in [3.63, 3.8) is 0 Å². The molecule has 2 aromatic carbocycles. The third-order valence-electron chi connectivity index (χ3n) is 4.46. The van der Waals surface area contributed by atoms with Crippen molar-refractivity contribution >= 4 is 17.5 Å². The molecule has 0 fully saturated rings. The van der Waals surface area contributed by atoms with Crippen molar-refractivity contribution in [2.24, 2.45) is 5.92 Å². The first-order valence-corrected chi connectivity index (χ1v) is 9.69. The second-order valence-electron chi connectivity index (χ2n) is 7.34. The number of hydrogen-bond donors (Lipinski definition) is 2. The van der Waals surface area contributed by atoms with Gasteiger partial charge in [0.05, 0.1) is 11.3 Å². The minimum absolute atomic E-state index is 0.242. The minimum Gasteiger partial charge on any atom is -0.348 e. The fourth-order valence-corrected chi connectivity index (χ4v) is 3.03. The molecule has 148 valence electrons. The van der Waals surface area contributed by atoms with E-state index < -0.39 is 0 Å². The zero-order chi connectivity index (χ0) is 20.6. The molecular formula is C24H25N3O2. The predicted molar refractivity (Wildman–Crippen MR) is 115 cm³/mol. The fourth-order valence-electron chi connectivity index (χ4n) is 3.03. The van der Waals surface area contributed by atoms with E-state index in [2.05, 4.69) is 29.5 Å². The number of amides is 2. The lowest BCUT2D eigenvalue weighted by Crippen LogP contribution is -2.25. The molecule has 0 saturated carbocycles. The van der Waals surface area contributed by atoms with Gasteiger partial charge in [-0.05, 0) is 53.8 Å². The van der Waals surface area contributed by atoms with Crippen molar-refractivity contribution in [2.45, 2.75) is 26.8 Å². The van der Waals surface area contributed by atoms with Gasteiger partial charge in [-0.2, -0.15) is 0 Å². The van der Waals surface area contributed by atoms with Gasteiger partial charge in [0.1, 0.15) is 0 Å². The Bertz CT molecular complexity index is 967. The highest BCUT2D eigenvalue weighted by Crippen LogP contribution is 2.17. The van der Waals surface area contributed by atoms with Gasteiger partial charge in [-0.25, -0.2) is 0 Å². The summed E-state index contributed by atoms with van der Waals surface area (Å²) in [4.78, 5) is 29.3. The van der Waals surface area contributed by atoms with Gasteiger partial charge >= 0.3 is 0 Å². The van der Waals surface area contributed by atoms with Crippen molar-refractivity contribution in [3.8, 4) is 0 Å². The molecular weight excluding hydrogens is 362 g/mol. The molecule has 1 heterocycles. The average molecular weight is 387 g/mol. The maximum Gasteiger partial charge on any atom is 0.255 e. The molecule has 0 aliphatic rings. The Morgan fingerprint density at radius 3 is 2.34 bits per heavy atom. The van der Waals surface area contributed by atoms with E-state index in [0.717, 1.165) is 12.0 Å². The molecule has 1 aromatic heterocycles. The van der Waals surface area contributed by atoms with Gasteiger partial charge in [0.25, 0.3) is 11.8 Å². The number of para-hydroxylation sites is 1. The molecule has 2 amide bonds. The molecule has 5 nitrogen and oxygen atoms in total. The molecule has 0 atom stereocenters. The molecule has 0 aliphatic carbocycles. The summed E-state index contributed by atoms with van der Waals surface area (Å²) in [6.07, 6.45) is 4.37. The highest BCUT2D eigenvalue weighted by molar-refractivity contribution is 6.09. The van der Waals surface area contributed by atoms with Gasteiger partial charge in [-0.1, -0.05) is 44.2 Å². The van der Waals surface area contributed by atoms with Crippen LogP contribution < -0.4 is 10.6 Å². The third-order valence-corrected chi connectivity index (χ3v) is 4.46. The second-order valence-corrected chi connectivity index (χ2v) is 7.34. The van der Waals surface area contributed by atoms with Crippen LogP contribution in [0.1, 0.15) is 45.7 Å². The largest absolute Gasteiger partial charge is 0.348 e. The Hall–Kier alpha value is -3.47. The lowest BCUT2D eigenvalue weighted by molar-refractivity contribution is 0.0951. The van der Waals surface area contributed by atoms with Crippen LogP contribution in [0.15, 0.2) is 73.1 Å². The number of aromatic nitrogens is 1. The van der Waals surface area contributed by atoms with E-state index in [1.807, 2.05) is 36.4 Å². The van der Waals surface area contributed by atoms with E-state index in [0.29, 0.717) is 29.3 Å². The topological polar surface area (TPSA) is 71.1 Å². The summed E-state index contributed by atoms with van der Waals surface area (Å²) >= 11 is 0. The lowest BCUT2D eigenvalue weighted by atomic mass is 10.0. The Morgan fingerprint density at radius 2 is 1.66 bits per heavy atom. The first kappa shape index (κ1) is 20.3. The Morgan fingerprint density at radius 1 is 0.897 bits per heavy atom. The Kier molecular flexibility index (Phi) is 6.74. The van der Waals surface area contributed by atoms with Crippen molar-refractivity contribution < 1.29 is 9.59 Å². The molecule has 0 saturated heterocycles. The smallest absolute Gasteiger partial charge is 0.255 e. The maximum atomic E-state index is 12.7. The predicted octanol–water partition coefficient (Wildman–Crippen LogP) is 4.46. The van der Waals surface area contributed by atoms with Crippen molar-refractivity contribution in [3.05, 3.63) is 95.3 Å². The third kappa shape index (κ3) is 5.75. The zero-order valence-electron chi connectivity index (χ0n) is 16.7. The maximum absolute atomic E-state index is 12.7. The van der Waals surface area contributed by atoms with Gasteiger partial charge < -0.3 is 10.6 Å². The minimum atomic E-state index is -0.253. The monoisotopic (exact) mass is 387 g/mol. The summed E-state index contributed by atoms with van der Waals surface area (Å²) in [6.45, 7) is 4.69. The summed E-state index contributed by atoms with van der Waals surface area (Å²) in [5.41, 5.74) is 3.56.